The highest BCUT2D eigenvalue weighted by Crippen LogP contribution is 2.23. The normalized spacial score (nSPS) is 11.9. The molecule has 2 nitrogen and oxygen atoms in total. The number of allylic oxidation sites excluding steroid dienone is 2. The average Bonchev–Trinajstić information content (AvgIpc) is 2.27. The molecule has 14 heavy (non-hydrogen) atoms. The summed E-state index contributed by atoms with van der Waals surface area (Å²) in [5.41, 5.74) is 1.88. The lowest BCUT2D eigenvalue weighted by Gasteiger charge is -2.04. The molecule has 74 valence electrons. The number of aldehydes is 1. The number of methoxy groups -OCH3 is 1. The van der Waals surface area contributed by atoms with Gasteiger partial charge in [0.15, 0.2) is 6.29 Å². The molecular formula is C11H11BrO2. The monoisotopic (exact) mass is 254 g/mol. The topological polar surface area (TPSA) is 26.3 Å². The standard InChI is InChI=1S/C11H11BrO2/c1-8(11(12)7-13)9-4-3-5-10(6-9)14-2/h3-7H,1-2H3/b11-8-. The van der Waals surface area contributed by atoms with Gasteiger partial charge in [0, 0.05) is 0 Å². The molecule has 0 N–H and O–H groups in total. The first-order chi connectivity index (χ1) is 6.69. The first-order valence-corrected chi connectivity index (χ1v) is 4.94. The minimum absolute atomic E-state index is 0.561. The van der Waals surface area contributed by atoms with Gasteiger partial charge in [-0.3, -0.25) is 4.79 Å². The molecule has 1 aromatic rings. The third-order valence-electron chi connectivity index (χ3n) is 1.96. The molecule has 0 radical (unpaired) electrons. The molecule has 0 saturated carbocycles. The Morgan fingerprint density at radius 1 is 1.50 bits per heavy atom. The second kappa shape index (κ2) is 4.96. The van der Waals surface area contributed by atoms with Gasteiger partial charge in [0.2, 0.25) is 0 Å². The van der Waals surface area contributed by atoms with E-state index in [-0.39, 0.29) is 0 Å². The van der Waals surface area contributed by atoms with Crippen LogP contribution >= 0.6 is 15.9 Å². The van der Waals surface area contributed by atoms with Crippen LogP contribution in [0.3, 0.4) is 0 Å². The van der Waals surface area contributed by atoms with Gasteiger partial charge in [0.1, 0.15) is 5.75 Å². The minimum atomic E-state index is 0.561. The summed E-state index contributed by atoms with van der Waals surface area (Å²) in [5, 5.41) is 0. The Morgan fingerprint density at radius 3 is 2.79 bits per heavy atom. The Morgan fingerprint density at radius 2 is 2.21 bits per heavy atom. The average molecular weight is 255 g/mol. The van der Waals surface area contributed by atoms with E-state index in [9.17, 15) is 4.79 Å². The van der Waals surface area contributed by atoms with E-state index in [4.69, 9.17) is 4.74 Å². The molecule has 0 spiro atoms. The number of carbonyl (C=O) groups is 1. The fourth-order valence-corrected chi connectivity index (χ4v) is 1.31. The molecule has 0 fully saturated rings. The summed E-state index contributed by atoms with van der Waals surface area (Å²) in [5.74, 6) is 0.785. The van der Waals surface area contributed by atoms with E-state index in [1.165, 1.54) is 0 Å². The highest BCUT2D eigenvalue weighted by Gasteiger charge is 2.02. The van der Waals surface area contributed by atoms with Gasteiger partial charge in [-0.25, -0.2) is 0 Å². The number of halogens is 1. The maximum atomic E-state index is 10.5. The van der Waals surface area contributed by atoms with Crippen molar-refractivity contribution >= 4 is 27.8 Å². The van der Waals surface area contributed by atoms with E-state index < -0.39 is 0 Å². The van der Waals surface area contributed by atoms with Crippen molar-refractivity contribution in [1.29, 1.82) is 0 Å². The lowest BCUT2D eigenvalue weighted by Crippen LogP contribution is -1.87. The largest absolute Gasteiger partial charge is 0.497 e. The SMILES string of the molecule is COc1cccc(/C(C)=C(\Br)C=O)c1. The third-order valence-corrected chi connectivity index (χ3v) is 2.75. The predicted octanol–water partition coefficient (Wildman–Crippen LogP) is 3.02. The van der Waals surface area contributed by atoms with Crippen LogP contribution in [0.25, 0.3) is 5.57 Å². The highest BCUT2D eigenvalue weighted by atomic mass is 79.9. The molecule has 0 aromatic heterocycles. The van der Waals surface area contributed by atoms with Crippen LogP contribution in [0.2, 0.25) is 0 Å². The first kappa shape index (κ1) is 11.0. The van der Waals surface area contributed by atoms with Gasteiger partial charge in [0.25, 0.3) is 0 Å². The fourth-order valence-electron chi connectivity index (χ4n) is 1.08. The quantitative estimate of drug-likeness (QED) is 0.613. The molecule has 0 aliphatic heterocycles. The van der Waals surface area contributed by atoms with Gasteiger partial charge in [-0.05, 0) is 46.1 Å². The zero-order chi connectivity index (χ0) is 10.6. The number of hydrogen-bond acceptors (Lipinski definition) is 2. The van der Waals surface area contributed by atoms with Crippen molar-refractivity contribution in [2.24, 2.45) is 0 Å². The Kier molecular flexibility index (Phi) is 3.89. The summed E-state index contributed by atoms with van der Waals surface area (Å²) in [6, 6.07) is 7.58. The number of ether oxygens (including phenoxy) is 1. The second-order valence-corrected chi connectivity index (χ2v) is 3.68. The smallest absolute Gasteiger partial charge is 0.157 e. The van der Waals surface area contributed by atoms with Crippen molar-refractivity contribution in [3.63, 3.8) is 0 Å². The van der Waals surface area contributed by atoms with Crippen molar-refractivity contribution in [1.82, 2.24) is 0 Å². The Hall–Kier alpha value is -1.09. The van der Waals surface area contributed by atoms with Crippen LogP contribution in [-0.4, -0.2) is 13.4 Å². The van der Waals surface area contributed by atoms with E-state index in [1.54, 1.807) is 7.11 Å². The molecular weight excluding hydrogens is 244 g/mol. The number of rotatable bonds is 3. The van der Waals surface area contributed by atoms with Gasteiger partial charge in [0.05, 0.1) is 11.6 Å². The lowest BCUT2D eigenvalue weighted by molar-refractivity contribution is -0.104. The molecule has 0 aliphatic rings. The molecule has 0 saturated heterocycles. The van der Waals surface area contributed by atoms with Gasteiger partial charge in [-0.15, -0.1) is 0 Å². The van der Waals surface area contributed by atoms with E-state index >= 15 is 0 Å². The maximum Gasteiger partial charge on any atom is 0.157 e. The van der Waals surface area contributed by atoms with E-state index in [2.05, 4.69) is 15.9 Å². The Labute approximate surface area is 91.7 Å². The van der Waals surface area contributed by atoms with Gasteiger partial charge >= 0.3 is 0 Å². The van der Waals surface area contributed by atoms with Crippen molar-refractivity contribution in [2.45, 2.75) is 6.92 Å². The Bertz CT molecular complexity index is 369. The van der Waals surface area contributed by atoms with Crippen LogP contribution in [0, 0.1) is 0 Å². The maximum absolute atomic E-state index is 10.5. The predicted molar refractivity (Wildman–Crippen MR) is 60.6 cm³/mol. The molecule has 3 heteroatoms. The molecule has 0 heterocycles. The molecule has 0 unspecified atom stereocenters. The molecule has 1 rings (SSSR count). The van der Waals surface area contributed by atoms with Crippen LogP contribution < -0.4 is 4.74 Å². The minimum Gasteiger partial charge on any atom is -0.497 e. The number of hydrogen-bond donors (Lipinski definition) is 0. The van der Waals surface area contributed by atoms with Crippen LogP contribution in [0.5, 0.6) is 5.75 Å². The van der Waals surface area contributed by atoms with Gasteiger partial charge in [-0.1, -0.05) is 12.1 Å². The second-order valence-electron chi connectivity index (χ2n) is 2.82. The van der Waals surface area contributed by atoms with Crippen molar-refractivity contribution in [3.8, 4) is 5.75 Å². The summed E-state index contributed by atoms with van der Waals surface area (Å²) >= 11 is 3.20. The number of carbonyl (C=O) groups excluding carboxylic acids is 1. The molecule has 0 aliphatic carbocycles. The lowest BCUT2D eigenvalue weighted by atomic mass is 10.1. The van der Waals surface area contributed by atoms with Crippen molar-refractivity contribution < 1.29 is 9.53 Å². The summed E-state index contributed by atoms with van der Waals surface area (Å²) in [7, 11) is 1.62. The first-order valence-electron chi connectivity index (χ1n) is 4.15. The Balaban J connectivity index is 3.13. The summed E-state index contributed by atoms with van der Waals surface area (Å²) in [4.78, 5) is 10.5. The van der Waals surface area contributed by atoms with E-state index in [0.29, 0.717) is 4.48 Å². The molecule has 0 atom stereocenters. The number of benzene rings is 1. The zero-order valence-electron chi connectivity index (χ0n) is 8.08. The van der Waals surface area contributed by atoms with Crippen LogP contribution in [0.15, 0.2) is 28.7 Å². The molecule has 0 bridgehead atoms. The van der Waals surface area contributed by atoms with Crippen LogP contribution in [0.4, 0.5) is 0 Å². The van der Waals surface area contributed by atoms with E-state index in [0.717, 1.165) is 23.2 Å². The summed E-state index contributed by atoms with van der Waals surface area (Å²) in [6.07, 6.45) is 0.787. The molecule has 1 aromatic carbocycles. The highest BCUT2D eigenvalue weighted by molar-refractivity contribution is 9.12. The molecule has 0 amide bonds. The van der Waals surface area contributed by atoms with Crippen molar-refractivity contribution in [2.75, 3.05) is 7.11 Å². The summed E-state index contributed by atoms with van der Waals surface area (Å²) < 4.78 is 5.65. The van der Waals surface area contributed by atoms with Gasteiger partial charge < -0.3 is 4.74 Å². The zero-order valence-corrected chi connectivity index (χ0v) is 9.67. The van der Waals surface area contributed by atoms with Crippen LogP contribution in [0.1, 0.15) is 12.5 Å². The van der Waals surface area contributed by atoms with Crippen LogP contribution in [-0.2, 0) is 4.79 Å². The van der Waals surface area contributed by atoms with Crippen molar-refractivity contribution in [3.05, 3.63) is 34.3 Å². The van der Waals surface area contributed by atoms with Gasteiger partial charge in [-0.2, -0.15) is 0 Å². The third kappa shape index (κ3) is 2.45. The summed E-state index contributed by atoms with van der Waals surface area (Å²) in [6.45, 7) is 1.88. The van der Waals surface area contributed by atoms with E-state index in [1.807, 2.05) is 31.2 Å². The fraction of sp³-hybridized carbons (Fsp3) is 0.182.